The molecule has 0 spiro atoms. The maximum absolute atomic E-state index is 11.8. The number of halogens is 1. The Morgan fingerprint density at radius 2 is 2.43 bits per heavy atom. The molecule has 1 unspecified atom stereocenters. The molecule has 0 aromatic heterocycles. The van der Waals surface area contributed by atoms with Gasteiger partial charge in [-0.05, 0) is 12.1 Å². The Hall–Kier alpha value is -1.29. The van der Waals surface area contributed by atoms with Crippen LogP contribution < -0.4 is 15.2 Å². The van der Waals surface area contributed by atoms with E-state index in [0.717, 1.165) is 11.3 Å². The van der Waals surface area contributed by atoms with Gasteiger partial charge in [0.15, 0.2) is 0 Å². The van der Waals surface area contributed by atoms with Crippen molar-refractivity contribution in [1.82, 2.24) is 0 Å². The number of nitrogens with two attached hydrogens (primary N) is 1. The Morgan fingerprint density at radius 3 is 3.21 bits per heavy atom. The maximum Gasteiger partial charge on any atom is 0.127 e. The van der Waals surface area contributed by atoms with Gasteiger partial charge in [-0.15, -0.1) is 0 Å². The molecule has 0 amide bonds. The average Bonchev–Trinajstić information content (AvgIpc) is 2.57. The van der Waals surface area contributed by atoms with Gasteiger partial charge >= 0.3 is 0 Å². The topological polar surface area (TPSA) is 44.5 Å². The zero-order valence-corrected chi connectivity index (χ0v) is 7.70. The zero-order chi connectivity index (χ0) is 9.97. The number of rotatable bonds is 3. The summed E-state index contributed by atoms with van der Waals surface area (Å²) in [5.41, 5.74) is 6.75. The average molecular weight is 197 g/mol. The molecular weight excluding hydrogens is 185 g/mol. The predicted octanol–water partition coefficient (Wildman–Crippen LogP) is 1.43. The summed E-state index contributed by atoms with van der Waals surface area (Å²) in [5.74, 6) is 1.37. The lowest BCUT2D eigenvalue weighted by atomic mass is 10.1. The van der Waals surface area contributed by atoms with E-state index in [4.69, 9.17) is 15.2 Å². The molecule has 1 aromatic rings. The SMILES string of the molecule is NC1COc2cc(OCCF)ccc21. The molecule has 2 N–H and O–H groups in total. The lowest BCUT2D eigenvalue weighted by Gasteiger charge is -2.05. The summed E-state index contributed by atoms with van der Waals surface area (Å²) in [7, 11) is 0. The molecule has 1 aromatic carbocycles. The lowest BCUT2D eigenvalue weighted by Crippen LogP contribution is -2.10. The van der Waals surface area contributed by atoms with Crippen LogP contribution in [0.25, 0.3) is 0 Å². The number of alkyl halides is 1. The van der Waals surface area contributed by atoms with Gasteiger partial charge in [0.25, 0.3) is 0 Å². The molecular formula is C10H12FNO2. The summed E-state index contributed by atoms with van der Waals surface area (Å²) in [6.45, 7) is 0.0875. The first-order valence-electron chi connectivity index (χ1n) is 4.52. The Bertz CT molecular complexity index is 330. The first-order chi connectivity index (χ1) is 6.81. The number of ether oxygens (including phenoxy) is 2. The van der Waals surface area contributed by atoms with Crippen LogP contribution in [-0.4, -0.2) is 19.9 Å². The van der Waals surface area contributed by atoms with Gasteiger partial charge in [0.05, 0.1) is 6.04 Å². The minimum Gasteiger partial charge on any atom is -0.491 e. The van der Waals surface area contributed by atoms with E-state index in [9.17, 15) is 4.39 Å². The molecule has 0 saturated heterocycles. The van der Waals surface area contributed by atoms with Crippen LogP contribution in [0.5, 0.6) is 11.5 Å². The molecule has 14 heavy (non-hydrogen) atoms. The van der Waals surface area contributed by atoms with Gasteiger partial charge in [-0.25, -0.2) is 4.39 Å². The molecule has 1 aliphatic heterocycles. The third-order valence-corrected chi connectivity index (χ3v) is 2.15. The Labute approximate surface area is 81.6 Å². The first-order valence-corrected chi connectivity index (χ1v) is 4.52. The van der Waals surface area contributed by atoms with E-state index >= 15 is 0 Å². The van der Waals surface area contributed by atoms with Crippen LogP contribution in [0, 0.1) is 0 Å². The fraction of sp³-hybridized carbons (Fsp3) is 0.400. The molecule has 1 heterocycles. The molecule has 1 atom stereocenters. The largest absolute Gasteiger partial charge is 0.491 e. The normalized spacial score (nSPS) is 18.9. The molecule has 0 saturated carbocycles. The fourth-order valence-electron chi connectivity index (χ4n) is 1.46. The summed E-state index contributed by atoms with van der Waals surface area (Å²) >= 11 is 0. The summed E-state index contributed by atoms with van der Waals surface area (Å²) in [6.07, 6.45) is 0. The molecule has 76 valence electrons. The van der Waals surface area contributed by atoms with Crippen LogP contribution in [0.15, 0.2) is 18.2 Å². The van der Waals surface area contributed by atoms with Gasteiger partial charge in [0, 0.05) is 11.6 Å². The highest BCUT2D eigenvalue weighted by Crippen LogP contribution is 2.33. The van der Waals surface area contributed by atoms with Crippen molar-refractivity contribution in [1.29, 1.82) is 0 Å². The second-order valence-corrected chi connectivity index (χ2v) is 3.15. The van der Waals surface area contributed by atoms with Gasteiger partial charge in [-0.1, -0.05) is 0 Å². The minimum atomic E-state index is -0.489. The number of benzene rings is 1. The van der Waals surface area contributed by atoms with Gasteiger partial charge in [0.2, 0.25) is 0 Å². The van der Waals surface area contributed by atoms with E-state index in [-0.39, 0.29) is 12.6 Å². The van der Waals surface area contributed by atoms with Crippen LogP contribution in [-0.2, 0) is 0 Å². The highest BCUT2D eigenvalue weighted by atomic mass is 19.1. The summed E-state index contributed by atoms with van der Waals surface area (Å²) in [6, 6.07) is 5.33. The third kappa shape index (κ3) is 1.65. The van der Waals surface area contributed by atoms with Crippen molar-refractivity contribution in [3.63, 3.8) is 0 Å². The predicted molar refractivity (Wildman–Crippen MR) is 50.3 cm³/mol. The molecule has 3 nitrogen and oxygen atoms in total. The van der Waals surface area contributed by atoms with Gasteiger partial charge in [0.1, 0.15) is 31.4 Å². The van der Waals surface area contributed by atoms with Crippen LogP contribution in [0.1, 0.15) is 11.6 Å². The van der Waals surface area contributed by atoms with E-state index in [2.05, 4.69) is 0 Å². The summed E-state index contributed by atoms with van der Waals surface area (Å²) in [4.78, 5) is 0. The second kappa shape index (κ2) is 3.84. The number of fused-ring (bicyclic) bond motifs is 1. The van der Waals surface area contributed by atoms with E-state index < -0.39 is 6.67 Å². The van der Waals surface area contributed by atoms with Crippen LogP contribution in [0.4, 0.5) is 4.39 Å². The number of hydrogen-bond acceptors (Lipinski definition) is 3. The Morgan fingerprint density at radius 1 is 1.57 bits per heavy atom. The summed E-state index contributed by atoms with van der Waals surface area (Å²) < 4.78 is 22.3. The fourth-order valence-corrected chi connectivity index (χ4v) is 1.46. The zero-order valence-electron chi connectivity index (χ0n) is 7.70. The van der Waals surface area contributed by atoms with Crippen molar-refractivity contribution in [3.05, 3.63) is 23.8 Å². The molecule has 0 bridgehead atoms. The van der Waals surface area contributed by atoms with Gasteiger partial charge in [-0.3, -0.25) is 0 Å². The van der Waals surface area contributed by atoms with E-state index in [1.165, 1.54) is 0 Å². The summed E-state index contributed by atoms with van der Waals surface area (Å²) in [5, 5.41) is 0. The molecule has 4 heteroatoms. The van der Waals surface area contributed by atoms with Crippen molar-refractivity contribution in [2.45, 2.75) is 6.04 Å². The molecule has 0 radical (unpaired) electrons. The Balaban J connectivity index is 2.15. The van der Waals surface area contributed by atoms with E-state index in [1.807, 2.05) is 6.07 Å². The van der Waals surface area contributed by atoms with Crippen molar-refractivity contribution in [2.75, 3.05) is 19.9 Å². The van der Waals surface area contributed by atoms with Crippen molar-refractivity contribution >= 4 is 0 Å². The highest BCUT2D eigenvalue weighted by molar-refractivity contribution is 5.44. The Kier molecular flexibility index (Phi) is 2.54. The molecule has 1 aliphatic rings. The lowest BCUT2D eigenvalue weighted by molar-refractivity contribution is 0.271. The van der Waals surface area contributed by atoms with Crippen molar-refractivity contribution < 1.29 is 13.9 Å². The van der Waals surface area contributed by atoms with E-state index in [1.54, 1.807) is 12.1 Å². The maximum atomic E-state index is 11.8. The standard InChI is InChI=1S/C10H12FNO2/c11-3-4-13-7-1-2-8-9(12)6-14-10(8)5-7/h1-2,5,9H,3-4,6,12H2. The van der Waals surface area contributed by atoms with Gasteiger partial charge in [-0.2, -0.15) is 0 Å². The van der Waals surface area contributed by atoms with Gasteiger partial charge < -0.3 is 15.2 Å². The quantitative estimate of drug-likeness (QED) is 0.797. The number of hydrogen-bond donors (Lipinski definition) is 1. The smallest absolute Gasteiger partial charge is 0.127 e. The van der Waals surface area contributed by atoms with Crippen LogP contribution >= 0.6 is 0 Å². The molecule has 2 rings (SSSR count). The first kappa shape index (κ1) is 9.27. The molecule has 0 fully saturated rings. The minimum absolute atomic E-state index is 0.0553. The van der Waals surface area contributed by atoms with E-state index in [0.29, 0.717) is 12.4 Å². The van der Waals surface area contributed by atoms with Crippen molar-refractivity contribution in [2.24, 2.45) is 5.73 Å². The third-order valence-electron chi connectivity index (χ3n) is 2.15. The molecule has 0 aliphatic carbocycles. The van der Waals surface area contributed by atoms with Crippen molar-refractivity contribution in [3.8, 4) is 11.5 Å². The van der Waals surface area contributed by atoms with Crippen LogP contribution in [0.2, 0.25) is 0 Å². The monoisotopic (exact) mass is 197 g/mol. The van der Waals surface area contributed by atoms with Crippen LogP contribution in [0.3, 0.4) is 0 Å². The second-order valence-electron chi connectivity index (χ2n) is 3.15. The highest BCUT2D eigenvalue weighted by Gasteiger charge is 2.20.